The Hall–Kier alpha value is -5.29. The van der Waals surface area contributed by atoms with E-state index in [-0.39, 0.29) is 23.0 Å². The number of likely N-dealkylation sites (tertiary alicyclic amines) is 4. The molecule has 92 heavy (non-hydrogen) atoms. The fourth-order valence-electron chi connectivity index (χ4n) is 13.8. The first-order valence-corrected chi connectivity index (χ1v) is 37.6. The second-order valence-corrected chi connectivity index (χ2v) is 30.5. The zero-order chi connectivity index (χ0) is 63.2. The Bertz CT molecular complexity index is 3510. The maximum absolute atomic E-state index is 12.3. The summed E-state index contributed by atoms with van der Waals surface area (Å²) < 4.78 is 50.4. The Morgan fingerprint density at radius 3 is 1.38 bits per heavy atom. The highest BCUT2D eigenvalue weighted by Crippen LogP contribution is 2.37. The number of nitrogens with zero attached hydrogens (tertiary/aromatic N) is 7. The minimum atomic E-state index is -3.61. The average molecular weight is 1420 g/mol. The predicted molar refractivity (Wildman–Crippen MR) is 376 cm³/mol. The molecule has 8 aliphatic rings. The van der Waals surface area contributed by atoms with E-state index in [9.17, 15) is 13.2 Å². The largest absolute Gasteiger partial charge is 0.490 e. The van der Waals surface area contributed by atoms with Gasteiger partial charge < -0.3 is 39.1 Å². The molecule has 4 saturated heterocycles. The first-order chi connectivity index (χ1) is 44.9. The maximum atomic E-state index is 12.3. The fourth-order valence-corrected chi connectivity index (χ4v) is 16.3. The van der Waals surface area contributed by atoms with Gasteiger partial charge in [0.1, 0.15) is 46.1 Å². The quantitative estimate of drug-likeness (QED) is 0.0721. The number of aromatic nitrogens is 3. The molecular weight excluding hydrogens is 1330 g/mol. The molecule has 1 amide bonds. The van der Waals surface area contributed by atoms with Crippen LogP contribution in [0, 0.1) is 10.5 Å². The summed E-state index contributed by atoms with van der Waals surface area (Å²) in [6.07, 6.45) is 32.6. The zero-order valence-corrected chi connectivity index (χ0v) is 57.7. The lowest BCUT2D eigenvalue weighted by Crippen LogP contribution is -2.50. The van der Waals surface area contributed by atoms with E-state index >= 15 is 0 Å². The lowest BCUT2D eigenvalue weighted by Gasteiger charge is -2.44. The third-order valence-electron chi connectivity index (χ3n) is 19.6. The highest BCUT2D eigenvalue weighted by Gasteiger charge is 2.40. The number of fused-ring (bicyclic) bond motifs is 1. The summed E-state index contributed by atoms with van der Waals surface area (Å²) in [6.45, 7) is 11.9. The number of hydrogen-bond acceptors (Lipinski definition) is 15. The Labute approximate surface area is 567 Å². The number of amides is 1. The first-order valence-electron chi connectivity index (χ1n) is 33.9. The van der Waals surface area contributed by atoms with Crippen LogP contribution in [0.2, 0.25) is 5.02 Å². The molecule has 4 aliphatic heterocycles. The van der Waals surface area contributed by atoms with Crippen LogP contribution in [0.4, 0.5) is 5.69 Å². The third kappa shape index (κ3) is 18.4. The van der Waals surface area contributed by atoms with Crippen molar-refractivity contribution in [3.63, 3.8) is 0 Å². The molecule has 15 rings (SSSR count). The van der Waals surface area contributed by atoms with Gasteiger partial charge in [0.2, 0.25) is 0 Å². The van der Waals surface area contributed by atoms with Crippen LogP contribution in [0.25, 0.3) is 20.8 Å². The molecule has 4 aliphatic carbocycles. The smallest absolute Gasteiger partial charge is 0.297 e. The Balaban J connectivity index is 0.000000120. The van der Waals surface area contributed by atoms with E-state index < -0.39 is 10.1 Å². The first kappa shape index (κ1) is 66.7. The van der Waals surface area contributed by atoms with Crippen molar-refractivity contribution in [1.82, 2.24) is 34.6 Å². The topological polar surface area (TPSA) is 152 Å². The van der Waals surface area contributed by atoms with Crippen LogP contribution in [0.3, 0.4) is 0 Å². The molecule has 0 spiro atoms. The van der Waals surface area contributed by atoms with Gasteiger partial charge in [0.15, 0.2) is 0 Å². The molecular formula is C73H90ClIN8O7S2. The van der Waals surface area contributed by atoms with Gasteiger partial charge in [-0.05, 0) is 243 Å². The van der Waals surface area contributed by atoms with Crippen molar-refractivity contribution in [2.24, 2.45) is 0 Å². The van der Waals surface area contributed by atoms with E-state index in [0.717, 1.165) is 89.8 Å². The molecule has 0 radical (unpaired) electrons. The van der Waals surface area contributed by atoms with E-state index in [1.165, 1.54) is 156 Å². The molecule has 7 aromatic rings. The van der Waals surface area contributed by atoms with E-state index in [1.807, 2.05) is 37.5 Å². The van der Waals surface area contributed by atoms with Crippen molar-refractivity contribution >= 4 is 77.5 Å². The van der Waals surface area contributed by atoms with Gasteiger partial charge in [-0.1, -0.05) is 55.0 Å². The molecule has 0 atom stereocenters. The summed E-state index contributed by atoms with van der Waals surface area (Å²) in [7, 11) is -3.61. The number of piperidine rings is 4. The van der Waals surface area contributed by atoms with Gasteiger partial charge in [-0.15, -0.1) is 11.3 Å². The molecule has 0 unspecified atom stereocenters. The number of hydrogen-bond donors (Lipinski definition) is 1. The summed E-state index contributed by atoms with van der Waals surface area (Å²) in [5.41, 5.74) is 4.21. The van der Waals surface area contributed by atoms with Crippen LogP contribution in [0.5, 0.6) is 17.2 Å². The number of benzene rings is 4. The van der Waals surface area contributed by atoms with Gasteiger partial charge in [-0.25, -0.2) is 4.98 Å². The number of carbonyl (C=O) groups excluding carboxylic acids is 1. The summed E-state index contributed by atoms with van der Waals surface area (Å²) in [5.74, 6) is 2.59. The number of pyridine rings is 2. The summed E-state index contributed by atoms with van der Waals surface area (Å²) in [4.78, 5) is 35.8. The van der Waals surface area contributed by atoms with Crippen molar-refractivity contribution in [2.45, 2.75) is 189 Å². The fraction of sp³-hybridized carbons (Fsp3) is 0.507. The third-order valence-corrected chi connectivity index (χ3v) is 23.1. The second-order valence-electron chi connectivity index (χ2n) is 26.3. The van der Waals surface area contributed by atoms with E-state index in [2.05, 4.69) is 111 Å². The molecule has 1 N–H and O–H groups in total. The van der Waals surface area contributed by atoms with Crippen LogP contribution in [-0.2, 0) is 14.3 Å². The number of aryl methyl sites for hydroxylation is 1. The van der Waals surface area contributed by atoms with Crippen LogP contribution in [0.1, 0.15) is 144 Å². The second kappa shape index (κ2) is 32.4. The van der Waals surface area contributed by atoms with E-state index in [1.54, 1.807) is 60.0 Å². The van der Waals surface area contributed by atoms with Gasteiger partial charge in [0.05, 0.1) is 38.8 Å². The maximum Gasteiger partial charge on any atom is 0.297 e. The van der Waals surface area contributed by atoms with Gasteiger partial charge in [0, 0.05) is 89.8 Å². The van der Waals surface area contributed by atoms with Crippen molar-refractivity contribution in [2.75, 3.05) is 57.7 Å². The van der Waals surface area contributed by atoms with Crippen molar-refractivity contribution in [3.05, 3.63) is 154 Å². The Morgan fingerprint density at radius 1 is 0.522 bits per heavy atom. The predicted octanol–water partition coefficient (Wildman–Crippen LogP) is 15.5. The number of ether oxygens (including phenoxy) is 3. The van der Waals surface area contributed by atoms with Crippen LogP contribution in [-0.4, -0.2) is 150 Å². The summed E-state index contributed by atoms with van der Waals surface area (Å²) >= 11 is 10.1. The number of nitrogens with one attached hydrogen (secondary N) is 1. The van der Waals surface area contributed by atoms with Crippen LogP contribution in [0.15, 0.2) is 139 Å². The number of thiazole rings is 1. The Kier molecular flexibility index (Phi) is 23.5. The molecule has 4 saturated carbocycles. The normalized spacial score (nSPS) is 25.2. The molecule has 490 valence electrons. The summed E-state index contributed by atoms with van der Waals surface area (Å²) in [5, 5.41) is 4.27. The van der Waals surface area contributed by atoms with E-state index in [4.69, 9.17) is 30.0 Å². The van der Waals surface area contributed by atoms with Crippen molar-refractivity contribution in [1.29, 1.82) is 0 Å². The summed E-state index contributed by atoms with van der Waals surface area (Å²) in [6, 6.07) is 37.2. The van der Waals surface area contributed by atoms with Gasteiger partial charge in [-0.2, -0.15) is 8.42 Å². The number of rotatable bonds is 16. The highest BCUT2D eigenvalue weighted by atomic mass is 127. The van der Waals surface area contributed by atoms with Crippen LogP contribution >= 0.6 is 45.5 Å². The number of halogens is 2. The lowest BCUT2D eigenvalue weighted by atomic mass is 9.86. The van der Waals surface area contributed by atoms with Crippen LogP contribution < -0.4 is 19.5 Å². The molecule has 15 nitrogen and oxygen atoms in total. The highest BCUT2D eigenvalue weighted by molar-refractivity contribution is 14.1. The average Bonchev–Trinajstić information content (AvgIpc) is 1.46. The van der Waals surface area contributed by atoms with E-state index in [0.29, 0.717) is 40.6 Å². The molecule has 3 aromatic heterocycles. The molecule has 0 bridgehead atoms. The minimum absolute atomic E-state index is 0.150. The molecule has 8 fully saturated rings. The van der Waals surface area contributed by atoms with Crippen molar-refractivity contribution < 1.29 is 31.6 Å². The van der Waals surface area contributed by atoms with Crippen molar-refractivity contribution in [3.8, 4) is 27.8 Å². The van der Waals surface area contributed by atoms with Gasteiger partial charge in [-0.3, -0.25) is 18.9 Å². The molecule has 4 aromatic carbocycles. The number of anilines is 1. The SMILES string of the molecule is Cc1ccc(S(=O)(=O)OC2CC(N3CCCCC3)C2)cc1.Ic1ccc(OC2CC(N3CCCCC3)C2)cc1.O=C(Nc1cnccc1Cl)c1ccc(OC2CC(N3CCCCC3)C2)cc1.c1cc2sc(-c3ccc(OC4CC(N5CCCCC5)C4)cc3)nc2cn1. The van der Waals surface area contributed by atoms with Gasteiger partial charge >= 0.3 is 0 Å². The standard InChI is InChI=1S/C21H24ClN3O2.C21H23N3OS.C16H23NO3S.C15H20INO/c22-19-8-9-23-14-20(19)24-21(26)15-4-6-17(7-5-15)27-18-12-16(13-18)25-10-2-1-3-11-25;1-2-10-24(11-3-1)16-12-18(13-16)25-17-6-4-15(5-7-17)21-23-19-14-22-9-8-20(19)26-21;1-13-5-7-16(8-6-13)21(18,19)20-15-11-14(12-15)17-9-3-2-4-10-17;16-12-4-6-14(7-5-12)18-15-10-13(11-15)17-8-2-1-3-9-17/h4-9,14,16,18H,1-3,10-13H2,(H,24,26);4-9,14,16,18H,1-3,10-13H2;5-8,14-15H,2-4,9-12H2,1H3;4-7,13,15H,1-3,8-11H2. The molecule has 19 heteroatoms. The number of carbonyl (C=O) groups is 1. The minimum Gasteiger partial charge on any atom is -0.490 e. The monoisotopic (exact) mass is 1420 g/mol. The zero-order valence-electron chi connectivity index (χ0n) is 53.2. The van der Waals surface area contributed by atoms with Gasteiger partial charge in [0.25, 0.3) is 16.0 Å². The lowest BCUT2D eigenvalue weighted by molar-refractivity contribution is 0.00877. The Morgan fingerprint density at radius 2 is 0.935 bits per heavy atom. The molecule has 7 heterocycles.